The van der Waals surface area contributed by atoms with Gasteiger partial charge in [-0.1, -0.05) is 19.1 Å². The molecule has 1 radical (unpaired) electrons. The highest BCUT2D eigenvalue weighted by molar-refractivity contribution is 5.28. The molecular formula is C14H20NO. The van der Waals surface area contributed by atoms with Crippen LogP contribution < -0.4 is 0 Å². The van der Waals surface area contributed by atoms with E-state index in [4.69, 9.17) is 0 Å². The van der Waals surface area contributed by atoms with E-state index in [0.29, 0.717) is 11.7 Å². The Hall–Kier alpha value is -1.02. The molecule has 1 saturated heterocycles. The average Bonchev–Trinajstić information content (AvgIpc) is 2.32. The molecule has 0 atom stereocenters. The molecule has 0 amide bonds. The molecule has 1 heterocycles. The maximum atomic E-state index is 9.25. The molecule has 1 aromatic carbocycles. The van der Waals surface area contributed by atoms with Gasteiger partial charge >= 0.3 is 0 Å². The zero-order chi connectivity index (χ0) is 11.4. The number of aromatic hydroxyl groups is 1. The Balaban J connectivity index is 1.91. The van der Waals surface area contributed by atoms with Gasteiger partial charge in [-0.25, -0.2) is 0 Å². The van der Waals surface area contributed by atoms with E-state index < -0.39 is 0 Å². The van der Waals surface area contributed by atoms with Gasteiger partial charge in [0.25, 0.3) is 0 Å². The van der Waals surface area contributed by atoms with Crippen molar-refractivity contribution in [3.63, 3.8) is 0 Å². The second-order valence-corrected chi connectivity index (χ2v) is 4.57. The minimum absolute atomic E-state index is 0.363. The zero-order valence-corrected chi connectivity index (χ0v) is 9.89. The molecule has 0 aliphatic carbocycles. The predicted octanol–water partition coefficient (Wildman–Crippen LogP) is 2.80. The normalized spacial score (nSPS) is 18.8. The minimum atomic E-state index is 0.363. The molecule has 1 aliphatic rings. The van der Waals surface area contributed by atoms with Crippen LogP contribution in [0.4, 0.5) is 0 Å². The van der Waals surface area contributed by atoms with Crippen LogP contribution in [-0.4, -0.2) is 29.6 Å². The highest BCUT2D eigenvalue weighted by Crippen LogP contribution is 2.28. The van der Waals surface area contributed by atoms with E-state index >= 15 is 0 Å². The third kappa shape index (κ3) is 2.76. The standard InChI is InChI=1S/C14H20NO/c1-2-9-15-10-7-13(8-11-15)12-3-5-14(16)6-4-12/h2-6,13,16H,7-11H2,1H3. The van der Waals surface area contributed by atoms with Crippen molar-refractivity contribution in [2.24, 2.45) is 0 Å². The summed E-state index contributed by atoms with van der Waals surface area (Å²) in [6.07, 6.45) is 4.69. The number of phenols is 1. The Morgan fingerprint density at radius 3 is 2.44 bits per heavy atom. The van der Waals surface area contributed by atoms with E-state index in [1.807, 2.05) is 0 Å². The summed E-state index contributed by atoms with van der Waals surface area (Å²) in [5.74, 6) is 1.04. The van der Waals surface area contributed by atoms with Gasteiger partial charge in [0, 0.05) is 6.54 Å². The van der Waals surface area contributed by atoms with E-state index in [2.05, 4.69) is 30.4 Å². The third-order valence-electron chi connectivity index (χ3n) is 3.39. The second kappa shape index (κ2) is 5.35. The van der Waals surface area contributed by atoms with Crippen molar-refractivity contribution in [3.05, 3.63) is 36.2 Å². The Morgan fingerprint density at radius 1 is 1.25 bits per heavy atom. The fourth-order valence-electron chi connectivity index (χ4n) is 2.45. The molecule has 1 aromatic rings. The van der Waals surface area contributed by atoms with Crippen molar-refractivity contribution in [3.8, 4) is 5.75 Å². The van der Waals surface area contributed by atoms with E-state index in [-0.39, 0.29) is 0 Å². The largest absolute Gasteiger partial charge is 0.508 e. The van der Waals surface area contributed by atoms with Crippen molar-refractivity contribution in [2.45, 2.75) is 25.7 Å². The Labute approximate surface area is 97.9 Å². The lowest BCUT2D eigenvalue weighted by atomic mass is 9.89. The smallest absolute Gasteiger partial charge is 0.115 e. The highest BCUT2D eigenvalue weighted by Gasteiger charge is 2.19. The lowest BCUT2D eigenvalue weighted by Crippen LogP contribution is -2.33. The topological polar surface area (TPSA) is 23.5 Å². The lowest BCUT2D eigenvalue weighted by molar-refractivity contribution is 0.227. The summed E-state index contributed by atoms with van der Waals surface area (Å²) in [6, 6.07) is 7.70. The number of hydrogen-bond donors (Lipinski definition) is 1. The van der Waals surface area contributed by atoms with Crippen LogP contribution in [0.2, 0.25) is 0 Å². The second-order valence-electron chi connectivity index (χ2n) is 4.57. The summed E-state index contributed by atoms with van der Waals surface area (Å²) < 4.78 is 0. The Morgan fingerprint density at radius 2 is 1.88 bits per heavy atom. The summed E-state index contributed by atoms with van der Waals surface area (Å²) in [5, 5.41) is 9.25. The van der Waals surface area contributed by atoms with Crippen LogP contribution in [0.5, 0.6) is 5.75 Å². The van der Waals surface area contributed by atoms with Gasteiger partial charge in [-0.3, -0.25) is 0 Å². The number of rotatable bonds is 3. The minimum Gasteiger partial charge on any atom is -0.508 e. The molecule has 0 spiro atoms. The van der Waals surface area contributed by atoms with Gasteiger partial charge in [0.2, 0.25) is 0 Å². The van der Waals surface area contributed by atoms with E-state index in [1.165, 1.54) is 31.5 Å². The van der Waals surface area contributed by atoms with Gasteiger partial charge in [-0.15, -0.1) is 0 Å². The monoisotopic (exact) mass is 218 g/mol. The molecule has 16 heavy (non-hydrogen) atoms. The van der Waals surface area contributed by atoms with Crippen molar-refractivity contribution in [1.82, 2.24) is 4.90 Å². The van der Waals surface area contributed by atoms with Crippen LogP contribution in [0.15, 0.2) is 24.3 Å². The average molecular weight is 218 g/mol. The SMILES string of the molecule is C[CH]CN1CCC(c2ccc(O)cc2)CC1. The van der Waals surface area contributed by atoms with E-state index in [9.17, 15) is 5.11 Å². The predicted molar refractivity (Wildman–Crippen MR) is 66.5 cm³/mol. The molecule has 1 N–H and O–H groups in total. The quantitative estimate of drug-likeness (QED) is 0.843. The van der Waals surface area contributed by atoms with Crippen molar-refractivity contribution in [1.29, 1.82) is 0 Å². The summed E-state index contributed by atoms with van der Waals surface area (Å²) in [5.41, 5.74) is 1.37. The Kier molecular flexibility index (Phi) is 3.83. The first-order valence-electron chi connectivity index (χ1n) is 6.08. The first-order valence-corrected chi connectivity index (χ1v) is 6.08. The van der Waals surface area contributed by atoms with Crippen molar-refractivity contribution >= 4 is 0 Å². The number of hydrogen-bond acceptors (Lipinski definition) is 2. The molecule has 0 saturated carbocycles. The molecule has 2 rings (SSSR count). The van der Waals surface area contributed by atoms with Crippen LogP contribution in [0.1, 0.15) is 31.2 Å². The molecule has 0 bridgehead atoms. The number of phenolic OH excluding ortho intramolecular Hbond substituents is 1. The number of piperidine rings is 1. The lowest BCUT2D eigenvalue weighted by Gasteiger charge is -2.31. The summed E-state index contributed by atoms with van der Waals surface area (Å²) in [6.45, 7) is 5.61. The summed E-state index contributed by atoms with van der Waals surface area (Å²) >= 11 is 0. The molecule has 0 unspecified atom stereocenters. The van der Waals surface area contributed by atoms with Crippen LogP contribution in [0.3, 0.4) is 0 Å². The van der Waals surface area contributed by atoms with Gasteiger partial charge < -0.3 is 10.0 Å². The van der Waals surface area contributed by atoms with E-state index in [0.717, 1.165) is 6.54 Å². The van der Waals surface area contributed by atoms with Gasteiger partial charge in [0.1, 0.15) is 5.75 Å². The summed E-state index contributed by atoms with van der Waals surface area (Å²) in [4.78, 5) is 2.50. The molecule has 0 aromatic heterocycles. The van der Waals surface area contributed by atoms with Gasteiger partial charge in [0.15, 0.2) is 0 Å². The highest BCUT2D eigenvalue weighted by atomic mass is 16.3. The number of benzene rings is 1. The first kappa shape index (κ1) is 11.5. The summed E-state index contributed by atoms with van der Waals surface area (Å²) in [7, 11) is 0. The third-order valence-corrected chi connectivity index (χ3v) is 3.39. The molecule has 87 valence electrons. The maximum Gasteiger partial charge on any atom is 0.115 e. The van der Waals surface area contributed by atoms with Crippen LogP contribution in [0, 0.1) is 6.42 Å². The fraction of sp³-hybridized carbons (Fsp3) is 0.500. The van der Waals surface area contributed by atoms with Gasteiger partial charge in [-0.05, 0) is 56.0 Å². The van der Waals surface area contributed by atoms with Gasteiger partial charge in [0.05, 0.1) is 0 Å². The van der Waals surface area contributed by atoms with Gasteiger partial charge in [-0.2, -0.15) is 0 Å². The van der Waals surface area contributed by atoms with Crippen LogP contribution in [0.25, 0.3) is 0 Å². The molecule has 1 fully saturated rings. The molecule has 1 aliphatic heterocycles. The maximum absolute atomic E-state index is 9.25. The molecule has 2 nitrogen and oxygen atoms in total. The molecule has 2 heteroatoms. The van der Waals surface area contributed by atoms with E-state index in [1.54, 1.807) is 12.1 Å². The molecular weight excluding hydrogens is 198 g/mol. The van der Waals surface area contributed by atoms with Crippen LogP contribution >= 0.6 is 0 Å². The fourth-order valence-corrected chi connectivity index (χ4v) is 2.45. The van der Waals surface area contributed by atoms with Crippen molar-refractivity contribution in [2.75, 3.05) is 19.6 Å². The van der Waals surface area contributed by atoms with Crippen LogP contribution in [-0.2, 0) is 0 Å². The number of nitrogens with zero attached hydrogens (tertiary/aromatic N) is 1. The zero-order valence-electron chi connectivity index (χ0n) is 9.89. The first-order chi connectivity index (χ1) is 7.79. The van der Waals surface area contributed by atoms with Crippen molar-refractivity contribution < 1.29 is 5.11 Å². The Bertz CT molecular complexity index is 312. The number of likely N-dealkylation sites (tertiary alicyclic amines) is 1.